The molecule has 2 aromatic rings. The minimum absolute atomic E-state index is 0.127. The lowest BCUT2D eigenvalue weighted by Crippen LogP contribution is -2.11. The zero-order valence-corrected chi connectivity index (χ0v) is 10.6. The molecular formula is C13H17N3O2. The fourth-order valence-corrected chi connectivity index (χ4v) is 1.90. The maximum Gasteiger partial charge on any atom is 0.114 e. The van der Waals surface area contributed by atoms with Gasteiger partial charge < -0.3 is 9.84 Å². The van der Waals surface area contributed by atoms with E-state index in [0.717, 1.165) is 11.3 Å². The summed E-state index contributed by atoms with van der Waals surface area (Å²) in [5, 5.41) is 17.3. The molecule has 1 N–H and O–H groups in total. The van der Waals surface area contributed by atoms with Crippen molar-refractivity contribution < 1.29 is 9.84 Å². The Labute approximate surface area is 106 Å². The maximum absolute atomic E-state index is 9.27. The first-order valence-electron chi connectivity index (χ1n) is 5.86. The van der Waals surface area contributed by atoms with Crippen molar-refractivity contribution >= 4 is 0 Å². The first kappa shape index (κ1) is 12.7. The van der Waals surface area contributed by atoms with E-state index in [9.17, 15) is 5.11 Å². The van der Waals surface area contributed by atoms with Crippen LogP contribution in [0, 0.1) is 0 Å². The molecular weight excluding hydrogens is 230 g/mol. The van der Waals surface area contributed by atoms with Crippen molar-refractivity contribution in [3.05, 3.63) is 47.3 Å². The number of hydrogen-bond donors (Lipinski definition) is 1. The Morgan fingerprint density at radius 1 is 1.33 bits per heavy atom. The molecule has 96 valence electrons. The lowest BCUT2D eigenvalue weighted by molar-refractivity contribution is 0.109. The number of nitrogens with zero attached hydrogens (tertiary/aromatic N) is 3. The van der Waals surface area contributed by atoms with Crippen molar-refractivity contribution in [2.24, 2.45) is 0 Å². The van der Waals surface area contributed by atoms with E-state index in [2.05, 4.69) is 10.3 Å². The van der Waals surface area contributed by atoms with Crippen LogP contribution in [0.3, 0.4) is 0 Å². The number of ether oxygens (including phenoxy) is 1. The highest BCUT2D eigenvalue weighted by Gasteiger charge is 2.18. The normalized spacial score (nSPS) is 12.6. The molecule has 1 heterocycles. The third-order valence-corrected chi connectivity index (χ3v) is 2.91. The van der Waals surface area contributed by atoms with Gasteiger partial charge in [0.05, 0.1) is 24.9 Å². The molecule has 0 aliphatic rings. The van der Waals surface area contributed by atoms with Crippen LogP contribution in [0.1, 0.15) is 30.0 Å². The second-order valence-electron chi connectivity index (χ2n) is 4.10. The minimum atomic E-state index is -0.147. The quantitative estimate of drug-likeness (QED) is 0.870. The predicted octanol–water partition coefficient (Wildman–Crippen LogP) is 1.53. The first-order valence-corrected chi connectivity index (χ1v) is 5.86. The van der Waals surface area contributed by atoms with E-state index >= 15 is 0 Å². The van der Waals surface area contributed by atoms with Crippen molar-refractivity contribution in [1.82, 2.24) is 15.0 Å². The lowest BCUT2D eigenvalue weighted by Gasteiger charge is -2.13. The SMILES string of the molecule is COC(C)c1c(CO)nnn1Cc1ccccc1. The van der Waals surface area contributed by atoms with Gasteiger partial charge >= 0.3 is 0 Å². The molecule has 0 amide bonds. The monoisotopic (exact) mass is 247 g/mol. The van der Waals surface area contributed by atoms with Gasteiger partial charge in [-0.2, -0.15) is 0 Å². The number of benzene rings is 1. The zero-order valence-electron chi connectivity index (χ0n) is 10.6. The number of aromatic nitrogens is 3. The van der Waals surface area contributed by atoms with Crippen LogP contribution in [0.5, 0.6) is 0 Å². The van der Waals surface area contributed by atoms with Crippen LogP contribution in [0.2, 0.25) is 0 Å². The van der Waals surface area contributed by atoms with Gasteiger partial charge in [-0.1, -0.05) is 35.5 Å². The van der Waals surface area contributed by atoms with Crippen LogP contribution in [0.4, 0.5) is 0 Å². The zero-order chi connectivity index (χ0) is 13.0. The Bertz CT molecular complexity index is 496. The highest BCUT2D eigenvalue weighted by Crippen LogP contribution is 2.19. The van der Waals surface area contributed by atoms with Gasteiger partial charge in [-0.3, -0.25) is 0 Å². The van der Waals surface area contributed by atoms with Crippen LogP contribution in [0.25, 0.3) is 0 Å². The van der Waals surface area contributed by atoms with E-state index in [-0.39, 0.29) is 12.7 Å². The minimum Gasteiger partial charge on any atom is -0.390 e. The number of aliphatic hydroxyl groups is 1. The molecule has 1 atom stereocenters. The molecule has 1 unspecified atom stereocenters. The second-order valence-corrected chi connectivity index (χ2v) is 4.10. The molecule has 18 heavy (non-hydrogen) atoms. The van der Waals surface area contributed by atoms with Gasteiger partial charge in [-0.05, 0) is 12.5 Å². The van der Waals surface area contributed by atoms with Crippen LogP contribution < -0.4 is 0 Å². The van der Waals surface area contributed by atoms with E-state index < -0.39 is 0 Å². The molecule has 2 rings (SSSR count). The first-order chi connectivity index (χ1) is 8.76. The van der Waals surface area contributed by atoms with Gasteiger partial charge in [0, 0.05) is 7.11 Å². The Morgan fingerprint density at radius 3 is 2.67 bits per heavy atom. The molecule has 0 fully saturated rings. The van der Waals surface area contributed by atoms with Crippen molar-refractivity contribution in [2.45, 2.75) is 26.2 Å². The van der Waals surface area contributed by atoms with Gasteiger partial charge in [0.1, 0.15) is 5.69 Å². The van der Waals surface area contributed by atoms with E-state index in [4.69, 9.17) is 4.74 Å². The summed E-state index contributed by atoms with van der Waals surface area (Å²) in [4.78, 5) is 0. The fraction of sp³-hybridized carbons (Fsp3) is 0.385. The highest BCUT2D eigenvalue weighted by atomic mass is 16.5. The summed E-state index contributed by atoms with van der Waals surface area (Å²) in [6.45, 7) is 2.41. The molecule has 0 aliphatic heterocycles. The third-order valence-electron chi connectivity index (χ3n) is 2.91. The molecule has 0 radical (unpaired) electrons. The summed E-state index contributed by atoms with van der Waals surface area (Å²) in [7, 11) is 1.63. The van der Waals surface area contributed by atoms with Gasteiger partial charge in [-0.15, -0.1) is 5.10 Å². The molecule has 5 heteroatoms. The summed E-state index contributed by atoms with van der Waals surface area (Å²) in [6.07, 6.45) is -0.147. The molecule has 0 saturated heterocycles. The summed E-state index contributed by atoms with van der Waals surface area (Å²) in [5.74, 6) is 0. The number of hydrogen-bond acceptors (Lipinski definition) is 4. The van der Waals surface area contributed by atoms with Crippen molar-refractivity contribution in [1.29, 1.82) is 0 Å². The smallest absolute Gasteiger partial charge is 0.114 e. The Morgan fingerprint density at radius 2 is 2.06 bits per heavy atom. The summed E-state index contributed by atoms with van der Waals surface area (Å²) >= 11 is 0. The van der Waals surface area contributed by atoms with Crippen LogP contribution >= 0.6 is 0 Å². The molecule has 1 aromatic carbocycles. The van der Waals surface area contributed by atoms with Crippen molar-refractivity contribution in [2.75, 3.05) is 7.11 Å². The summed E-state index contributed by atoms with van der Waals surface area (Å²) in [6, 6.07) is 10.0. The van der Waals surface area contributed by atoms with Gasteiger partial charge in [0.15, 0.2) is 0 Å². The topological polar surface area (TPSA) is 60.2 Å². The Hall–Kier alpha value is -1.72. The molecule has 0 bridgehead atoms. The van der Waals surface area contributed by atoms with Crippen molar-refractivity contribution in [3.8, 4) is 0 Å². The van der Waals surface area contributed by atoms with Gasteiger partial charge in [-0.25, -0.2) is 4.68 Å². The number of aliphatic hydroxyl groups excluding tert-OH is 1. The molecule has 5 nitrogen and oxygen atoms in total. The molecule has 0 saturated carbocycles. The number of methoxy groups -OCH3 is 1. The van der Waals surface area contributed by atoms with Crippen molar-refractivity contribution in [3.63, 3.8) is 0 Å². The molecule has 0 spiro atoms. The predicted molar refractivity (Wildman–Crippen MR) is 66.9 cm³/mol. The largest absolute Gasteiger partial charge is 0.390 e. The molecule has 0 aliphatic carbocycles. The second kappa shape index (κ2) is 5.75. The Kier molecular flexibility index (Phi) is 4.07. The third kappa shape index (κ3) is 2.57. The van der Waals surface area contributed by atoms with E-state index in [1.807, 2.05) is 37.3 Å². The van der Waals surface area contributed by atoms with Gasteiger partial charge in [0.2, 0.25) is 0 Å². The lowest BCUT2D eigenvalue weighted by atomic mass is 10.2. The van der Waals surface area contributed by atoms with Crippen LogP contribution in [-0.2, 0) is 17.9 Å². The van der Waals surface area contributed by atoms with Crippen LogP contribution in [-0.4, -0.2) is 27.2 Å². The maximum atomic E-state index is 9.27. The van der Waals surface area contributed by atoms with E-state index in [0.29, 0.717) is 12.2 Å². The highest BCUT2D eigenvalue weighted by molar-refractivity contribution is 5.18. The summed E-state index contributed by atoms with van der Waals surface area (Å²) < 4.78 is 7.08. The van der Waals surface area contributed by atoms with Gasteiger partial charge in [0.25, 0.3) is 0 Å². The number of rotatable bonds is 5. The average Bonchev–Trinajstić information content (AvgIpc) is 2.82. The Balaban J connectivity index is 2.30. The standard InChI is InChI=1S/C13H17N3O2/c1-10(18-2)13-12(9-17)14-15-16(13)8-11-6-4-3-5-7-11/h3-7,10,17H,8-9H2,1-2H3. The average molecular weight is 247 g/mol. The summed E-state index contributed by atoms with van der Waals surface area (Å²) in [5.41, 5.74) is 2.53. The fourth-order valence-electron chi connectivity index (χ4n) is 1.90. The molecule has 1 aromatic heterocycles. The van der Waals surface area contributed by atoms with Crippen LogP contribution in [0.15, 0.2) is 30.3 Å². The van der Waals surface area contributed by atoms with E-state index in [1.165, 1.54) is 0 Å². The van der Waals surface area contributed by atoms with E-state index in [1.54, 1.807) is 11.8 Å².